The van der Waals surface area contributed by atoms with E-state index in [9.17, 15) is 4.21 Å². The molecule has 0 aliphatic heterocycles. The van der Waals surface area contributed by atoms with Crippen molar-refractivity contribution in [2.45, 2.75) is 46.5 Å². The molecule has 0 saturated heterocycles. The molecule has 2 atom stereocenters. The first kappa shape index (κ1) is 13.1. The normalized spacial score (nSPS) is 16.1. The molecule has 1 N–H and O–H groups in total. The van der Waals surface area contributed by atoms with Gasteiger partial charge in [0, 0.05) is 5.75 Å². The molecule has 0 aliphatic rings. The average Bonchev–Trinajstić information content (AvgIpc) is 2.00. The minimum atomic E-state index is -1.60. The third-order valence-electron chi connectivity index (χ3n) is 2.26. The third kappa shape index (κ3) is 10.0. The molecule has 0 fully saturated rings. The molecule has 3 heteroatoms. The Kier molecular flexibility index (Phi) is 7.57. The third-order valence-corrected chi connectivity index (χ3v) is 2.85. The standard InChI is InChI=1S/C10H22O2S/c1-9(2)5-4-6-10(3)7-8-13(11)12/h9-10H,4-8H2,1-3H3,(H,11,12). The summed E-state index contributed by atoms with van der Waals surface area (Å²) in [6.45, 7) is 6.62. The Morgan fingerprint density at radius 1 is 1.15 bits per heavy atom. The van der Waals surface area contributed by atoms with Gasteiger partial charge in [-0.15, -0.1) is 0 Å². The second-order valence-electron chi connectivity index (χ2n) is 4.24. The van der Waals surface area contributed by atoms with Crippen LogP contribution < -0.4 is 0 Å². The predicted octanol–water partition coefficient (Wildman–Crippen LogP) is 3.06. The van der Waals surface area contributed by atoms with Gasteiger partial charge in [0.05, 0.1) is 0 Å². The van der Waals surface area contributed by atoms with Crippen molar-refractivity contribution in [3.63, 3.8) is 0 Å². The lowest BCUT2D eigenvalue weighted by Gasteiger charge is -2.10. The molecule has 0 heterocycles. The van der Waals surface area contributed by atoms with Gasteiger partial charge in [-0.05, 0) is 18.3 Å². The van der Waals surface area contributed by atoms with Crippen LogP contribution in [-0.2, 0) is 11.1 Å². The Labute approximate surface area is 84.4 Å². The summed E-state index contributed by atoms with van der Waals surface area (Å²) < 4.78 is 19.0. The summed E-state index contributed by atoms with van der Waals surface area (Å²) in [6, 6.07) is 0. The number of hydrogen-bond acceptors (Lipinski definition) is 1. The topological polar surface area (TPSA) is 37.3 Å². The molecule has 80 valence electrons. The van der Waals surface area contributed by atoms with Crippen LogP contribution in [0.25, 0.3) is 0 Å². The second kappa shape index (κ2) is 7.51. The van der Waals surface area contributed by atoms with Gasteiger partial charge in [-0.25, -0.2) is 4.21 Å². The van der Waals surface area contributed by atoms with Crippen molar-refractivity contribution < 1.29 is 8.76 Å². The second-order valence-corrected chi connectivity index (χ2v) is 5.30. The Morgan fingerprint density at radius 2 is 1.77 bits per heavy atom. The molecule has 0 saturated carbocycles. The summed E-state index contributed by atoms with van der Waals surface area (Å²) in [6.07, 6.45) is 4.58. The van der Waals surface area contributed by atoms with Gasteiger partial charge < -0.3 is 4.55 Å². The Morgan fingerprint density at radius 3 is 2.23 bits per heavy atom. The van der Waals surface area contributed by atoms with E-state index in [2.05, 4.69) is 20.8 Å². The lowest BCUT2D eigenvalue weighted by Crippen LogP contribution is -2.03. The summed E-state index contributed by atoms with van der Waals surface area (Å²) >= 11 is -1.60. The zero-order valence-electron chi connectivity index (χ0n) is 8.95. The van der Waals surface area contributed by atoms with Crippen LogP contribution in [0.3, 0.4) is 0 Å². The minimum absolute atomic E-state index is 0.433. The lowest BCUT2D eigenvalue weighted by atomic mass is 9.98. The van der Waals surface area contributed by atoms with Crippen molar-refractivity contribution in [1.29, 1.82) is 0 Å². The van der Waals surface area contributed by atoms with E-state index in [1.807, 2.05) is 0 Å². The van der Waals surface area contributed by atoms with Gasteiger partial charge >= 0.3 is 0 Å². The van der Waals surface area contributed by atoms with Crippen molar-refractivity contribution in [2.24, 2.45) is 11.8 Å². The monoisotopic (exact) mass is 206 g/mol. The van der Waals surface area contributed by atoms with Crippen LogP contribution in [0, 0.1) is 11.8 Å². The molecular weight excluding hydrogens is 184 g/mol. The van der Waals surface area contributed by atoms with Crippen molar-refractivity contribution in [1.82, 2.24) is 0 Å². The molecule has 0 aliphatic carbocycles. The fourth-order valence-corrected chi connectivity index (χ4v) is 1.92. The Hall–Kier alpha value is 0.110. The van der Waals surface area contributed by atoms with Crippen LogP contribution >= 0.6 is 0 Å². The van der Waals surface area contributed by atoms with Gasteiger partial charge in [-0.1, -0.05) is 40.0 Å². The first-order valence-corrected chi connectivity index (χ1v) is 6.37. The quantitative estimate of drug-likeness (QED) is 0.650. The smallest absolute Gasteiger partial charge is 0.152 e. The SMILES string of the molecule is CC(C)CCCC(C)CCS(=O)O. The summed E-state index contributed by atoms with van der Waals surface area (Å²) in [4.78, 5) is 0. The molecule has 0 rings (SSSR count). The molecule has 0 aromatic carbocycles. The van der Waals surface area contributed by atoms with Crippen LogP contribution in [0.15, 0.2) is 0 Å². The predicted molar refractivity (Wildman–Crippen MR) is 58.1 cm³/mol. The molecule has 13 heavy (non-hydrogen) atoms. The van der Waals surface area contributed by atoms with Gasteiger partial charge in [0.2, 0.25) is 0 Å². The highest BCUT2D eigenvalue weighted by atomic mass is 32.2. The average molecular weight is 206 g/mol. The molecule has 2 unspecified atom stereocenters. The number of rotatable bonds is 7. The Balaban J connectivity index is 3.30. The summed E-state index contributed by atoms with van der Waals surface area (Å²) in [7, 11) is 0. The first-order chi connectivity index (χ1) is 6.02. The van der Waals surface area contributed by atoms with Crippen molar-refractivity contribution in [3.8, 4) is 0 Å². The molecule has 0 aromatic heterocycles. The van der Waals surface area contributed by atoms with Crippen LogP contribution in [-0.4, -0.2) is 14.5 Å². The van der Waals surface area contributed by atoms with Gasteiger partial charge in [-0.3, -0.25) is 0 Å². The van der Waals surface area contributed by atoms with Crippen LogP contribution in [0.5, 0.6) is 0 Å². The highest BCUT2D eigenvalue weighted by Crippen LogP contribution is 2.15. The first-order valence-electron chi connectivity index (χ1n) is 5.09. The van der Waals surface area contributed by atoms with E-state index in [0.717, 1.165) is 12.3 Å². The zero-order valence-corrected chi connectivity index (χ0v) is 9.77. The maximum atomic E-state index is 10.4. The summed E-state index contributed by atoms with van der Waals surface area (Å²) in [5.74, 6) is 1.80. The summed E-state index contributed by atoms with van der Waals surface area (Å²) in [5, 5.41) is 0. The summed E-state index contributed by atoms with van der Waals surface area (Å²) in [5.41, 5.74) is 0. The minimum Gasteiger partial charge on any atom is -0.306 e. The lowest BCUT2D eigenvalue weighted by molar-refractivity contribution is 0.446. The van der Waals surface area contributed by atoms with Crippen LogP contribution in [0.1, 0.15) is 46.5 Å². The van der Waals surface area contributed by atoms with E-state index in [0.29, 0.717) is 11.7 Å². The number of hydrogen-bond donors (Lipinski definition) is 1. The van der Waals surface area contributed by atoms with E-state index in [4.69, 9.17) is 4.55 Å². The molecular formula is C10H22O2S. The van der Waals surface area contributed by atoms with Crippen molar-refractivity contribution in [3.05, 3.63) is 0 Å². The Bertz CT molecular complexity index is 146. The van der Waals surface area contributed by atoms with Crippen molar-refractivity contribution >= 4 is 11.1 Å². The van der Waals surface area contributed by atoms with E-state index in [1.165, 1.54) is 19.3 Å². The zero-order chi connectivity index (χ0) is 10.3. The van der Waals surface area contributed by atoms with Crippen molar-refractivity contribution in [2.75, 3.05) is 5.75 Å². The molecule has 0 spiro atoms. The van der Waals surface area contributed by atoms with Crippen LogP contribution in [0.4, 0.5) is 0 Å². The van der Waals surface area contributed by atoms with Gasteiger partial charge in [0.15, 0.2) is 11.1 Å². The molecule has 0 amide bonds. The maximum Gasteiger partial charge on any atom is 0.152 e. The van der Waals surface area contributed by atoms with Crippen LogP contribution in [0.2, 0.25) is 0 Å². The molecule has 0 aromatic rings. The molecule has 2 nitrogen and oxygen atoms in total. The van der Waals surface area contributed by atoms with Gasteiger partial charge in [0.25, 0.3) is 0 Å². The van der Waals surface area contributed by atoms with E-state index in [-0.39, 0.29) is 0 Å². The van der Waals surface area contributed by atoms with E-state index in [1.54, 1.807) is 0 Å². The van der Waals surface area contributed by atoms with Gasteiger partial charge in [0.1, 0.15) is 0 Å². The highest BCUT2D eigenvalue weighted by molar-refractivity contribution is 7.79. The largest absolute Gasteiger partial charge is 0.306 e. The fraction of sp³-hybridized carbons (Fsp3) is 1.00. The fourth-order valence-electron chi connectivity index (χ4n) is 1.32. The van der Waals surface area contributed by atoms with Gasteiger partial charge in [-0.2, -0.15) is 0 Å². The molecule has 0 bridgehead atoms. The maximum absolute atomic E-state index is 10.4. The van der Waals surface area contributed by atoms with E-state index < -0.39 is 11.1 Å². The highest BCUT2D eigenvalue weighted by Gasteiger charge is 2.04. The van der Waals surface area contributed by atoms with E-state index >= 15 is 0 Å². The molecule has 0 radical (unpaired) electrons.